The molecule has 0 saturated heterocycles. The van der Waals surface area contributed by atoms with E-state index >= 15 is 0 Å². The molecule has 1 saturated carbocycles. The molecular formula is C18H28N2O3S. The highest BCUT2D eigenvalue weighted by atomic mass is 32.2. The summed E-state index contributed by atoms with van der Waals surface area (Å²) in [6, 6.07) is 5.43. The molecule has 24 heavy (non-hydrogen) atoms. The van der Waals surface area contributed by atoms with Gasteiger partial charge in [0.2, 0.25) is 10.0 Å². The zero-order valence-corrected chi connectivity index (χ0v) is 15.7. The van der Waals surface area contributed by atoms with Crippen molar-refractivity contribution in [2.45, 2.75) is 57.9 Å². The van der Waals surface area contributed by atoms with E-state index in [2.05, 4.69) is 5.32 Å². The van der Waals surface area contributed by atoms with Crippen LogP contribution in [0.25, 0.3) is 0 Å². The number of nitrogens with one attached hydrogen (secondary N) is 1. The minimum Gasteiger partial charge on any atom is -0.349 e. The first kappa shape index (κ1) is 18.8. The Labute approximate surface area is 145 Å². The van der Waals surface area contributed by atoms with E-state index < -0.39 is 10.0 Å². The predicted molar refractivity (Wildman–Crippen MR) is 98.0 cm³/mol. The molecule has 0 aromatic heterocycles. The summed E-state index contributed by atoms with van der Waals surface area (Å²) in [7, 11) is -1.85. The summed E-state index contributed by atoms with van der Waals surface area (Å²) in [6.45, 7) is 1.80. The van der Waals surface area contributed by atoms with Gasteiger partial charge < -0.3 is 5.32 Å². The molecule has 1 aliphatic rings. The molecule has 0 unspecified atom stereocenters. The molecule has 0 heterocycles. The van der Waals surface area contributed by atoms with Crippen molar-refractivity contribution in [1.82, 2.24) is 5.32 Å². The molecule has 5 nitrogen and oxygen atoms in total. The lowest BCUT2D eigenvalue weighted by Crippen LogP contribution is -2.36. The van der Waals surface area contributed by atoms with Gasteiger partial charge in [-0.15, -0.1) is 0 Å². The summed E-state index contributed by atoms with van der Waals surface area (Å²) in [5.41, 5.74) is 1.78. The van der Waals surface area contributed by atoms with E-state index in [1.54, 1.807) is 25.1 Å². The summed E-state index contributed by atoms with van der Waals surface area (Å²) >= 11 is 0. The smallest absolute Gasteiger partial charge is 0.251 e. The van der Waals surface area contributed by atoms with Crippen molar-refractivity contribution in [3.63, 3.8) is 0 Å². The first-order valence-electron chi connectivity index (χ1n) is 8.65. The van der Waals surface area contributed by atoms with Crippen LogP contribution in [0.1, 0.15) is 60.9 Å². The summed E-state index contributed by atoms with van der Waals surface area (Å²) in [6.07, 6.45) is 9.27. The van der Waals surface area contributed by atoms with Crippen LogP contribution in [0.5, 0.6) is 0 Å². The number of carbonyl (C=O) groups excluding carboxylic acids is 1. The van der Waals surface area contributed by atoms with Crippen molar-refractivity contribution in [2.24, 2.45) is 0 Å². The van der Waals surface area contributed by atoms with Gasteiger partial charge in [0.25, 0.3) is 5.91 Å². The van der Waals surface area contributed by atoms with Gasteiger partial charge in [-0.1, -0.05) is 38.2 Å². The molecule has 0 atom stereocenters. The molecule has 1 aromatic rings. The molecule has 2 rings (SSSR count). The Kier molecular flexibility index (Phi) is 6.27. The highest BCUT2D eigenvalue weighted by Crippen LogP contribution is 2.25. The maximum absolute atomic E-state index is 12.7. The molecule has 1 aliphatic carbocycles. The van der Waals surface area contributed by atoms with E-state index in [1.165, 1.54) is 30.6 Å². The van der Waals surface area contributed by atoms with Crippen molar-refractivity contribution in [3.05, 3.63) is 29.3 Å². The van der Waals surface area contributed by atoms with Crippen LogP contribution in [0.3, 0.4) is 0 Å². The van der Waals surface area contributed by atoms with Gasteiger partial charge >= 0.3 is 0 Å². The van der Waals surface area contributed by atoms with Crippen LogP contribution >= 0.6 is 0 Å². The fourth-order valence-electron chi connectivity index (χ4n) is 3.25. The summed E-state index contributed by atoms with van der Waals surface area (Å²) in [5, 5.41) is 3.14. The Morgan fingerprint density at radius 2 is 1.71 bits per heavy atom. The molecule has 1 amide bonds. The van der Waals surface area contributed by atoms with Crippen LogP contribution in [0.2, 0.25) is 0 Å². The predicted octanol–water partition coefficient (Wildman–Crippen LogP) is 3.23. The Hall–Kier alpha value is -1.56. The second-order valence-electron chi connectivity index (χ2n) is 6.70. The third-order valence-corrected chi connectivity index (χ3v) is 6.02. The molecule has 1 N–H and O–H groups in total. The van der Waals surface area contributed by atoms with Crippen LogP contribution in [0, 0.1) is 6.92 Å². The monoisotopic (exact) mass is 352 g/mol. The average Bonchev–Trinajstić information content (AvgIpc) is 2.48. The third-order valence-electron chi connectivity index (χ3n) is 4.83. The topological polar surface area (TPSA) is 66.5 Å². The fraction of sp³-hybridized carbons (Fsp3) is 0.611. The quantitative estimate of drug-likeness (QED) is 0.905. The molecule has 0 radical (unpaired) electrons. The maximum atomic E-state index is 12.7. The number of amides is 1. The second kappa shape index (κ2) is 8.01. The standard InChI is InChI=1S/C18H28N2O3S/c1-14-16(12-9-13-17(14)20(2)24(3,22)23)18(21)19-15-10-7-5-4-6-8-11-15/h9,12-13,15H,4-8,10-11H2,1-3H3,(H,19,21). The Morgan fingerprint density at radius 3 is 2.29 bits per heavy atom. The van der Waals surface area contributed by atoms with E-state index in [9.17, 15) is 13.2 Å². The van der Waals surface area contributed by atoms with Gasteiger partial charge in [0.1, 0.15) is 0 Å². The molecule has 0 aliphatic heterocycles. The van der Waals surface area contributed by atoms with Gasteiger partial charge in [0, 0.05) is 18.7 Å². The van der Waals surface area contributed by atoms with Crippen molar-refractivity contribution < 1.29 is 13.2 Å². The first-order valence-corrected chi connectivity index (χ1v) is 10.5. The van der Waals surface area contributed by atoms with E-state index in [1.807, 2.05) is 0 Å². The molecule has 1 fully saturated rings. The zero-order chi connectivity index (χ0) is 17.7. The number of benzene rings is 1. The van der Waals surface area contributed by atoms with Gasteiger partial charge in [-0.2, -0.15) is 0 Å². The highest BCUT2D eigenvalue weighted by molar-refractivity contribution is 7.92. The molecule has 6 heteroatoms. The van der Waals surface area contributed by atoms with E-state index in [0.717, 1.165) is 31.9 Å². The molecule has 0 bridgehead atoms. The third kappa shape index (κ3) is 4.72. The van der Waals surface area contributed by atoms with E-state index in [4.69, 9.17) is 0 Å². The lowest BCUT2D eigenvalue weighted by Gasteiger charge is -2.23. The van der Waals surface area contributed by atoms with Crippen molar-refractivity contribution in [1.29, 1.82) is 0 Å². The fourth-order valence-corrected chi connectivity index (χ4v) is 3.81. The molecular weight excluding hydrogens is 324 g/mol. The number of anilines is 1. The van der Waals surface area contributed by atoms with Gasteiger partial charge in [-0.05, 0) is 37.5 Å². The van der Waals surface area contributed by atoms with Gasteiger partial charge in [0.15, 0.2) is 0 Å². The Bertz CT molecular complexity index is 678. The number of nitrogens with zero attached hydrogens (tertiary/aromatic N) is 1. The van der Waals surface area contributed by atoms with Gasteiger partial charge in [0.05, 0.1) is 11.9 Å². The van der Waals surface area contributed by atoms with Crippen LogP contribution in [-0.4, -0.2) is 33.7 Å². The number of carbonyl (C=O) groups is 1. The van der Waals surface area contributed by atoms with Crippen LogP contribution in [0.4, 0.5) is 5.69 Å². The number of sulfonamides is 1. The van der Waals surface area contributed by atoms with Gasteiger partial charge in [-0.25, -0.2) is 8.42 Å². The van der Waals surface area contributed by atoms with Crippen LogP contribution in [-0.2, 0) is 10.0 Å². The minimum atomic E-state index is -3.36. The lowest BCUT2D eigenvalue weighted by atomic mass is 9.96. The highest BCUT2D eigenvalue weighted by Gasteiger charge is 2.20. The minimum absolute atomic E-state index is 0.109. The average molecular weight is 353 g/mol. The molecule has 1 aromatic carbocycles. The molecule has 134 valence electrons. The van der Waals surface area contributed by atoms with E-state index in [0.29, 0.717) is 16.8 Å². The largest absolute Gasteiger partial charge is 0.349 e. The SMILES string of the molecule is Cc1c(C(=O)NC2CCCCCCC2)cccc1N(C)S(C)(=O)=O. The zero-order valence-electron chi connectivity index (χ0n) is 14.8. The Balaban J connectivity index is 2.17. The number of hydrogen-bond donors (Lipinski definition) is 1. The second-order valence-corrected chi connectivity index (χ2v) is 8.71. The van der Waals surface area contributed by atoms with Crippen LogP contribution < -0.4 is 9.62 Å². The van der Waals surface area contributed by atoms with Crippen molar-refractivity contribution >= 4 is 21.6 Å². The molecule has 0 spiro atoms. The van der Waals surface area contributed by atoms with Crippen molar-refractivity contribution in [3.8, 4) is 0 Å². The van der Waals surface area contributed by atoms with Gasteiger partial charge in [-0.3, -0.25) is 9.10 Å². The van der Waals surface area contributed by atoms with Crippen LogP contribution in [0.15, 0.2) is 18.2 Å². The van der Waals surface area contributed by atoms with E-state index in [-0.39, 0.29) is 11.9 Å². The first-order chi connectivity index (χ1) is 11.3. The number of rotatable bonds is 4. The van der Waals surface area contributed by atoms with Crippen molar-refractivity contribution in [2.75, 3.05) is 17.6 Å². The maximum Gasteiger partial charge on any atom is 0.251 e. The Morgan fingerprint density at radius 1 is 1.12 bits per heavy atom. The summed E-state index contributed by atoms with van der Waals surface area (Å²) < 4.78 is 24.8. The summed E-state index contributed by atoms with van der Waals surface area (Å²) in [5.74, 6) is -0.109. The lowest BCUT2D eigenvalue weighted by molar-refractivity contribution is 0.0930. The summed E-state index contributed by atoms with van der Waals surface area (Å²) in [4.78, 5) is 12.7. The number of hydrogen-bond acceptors (Lipinski definition) is 3. The normalized spacial score (nSPS) is 17.0.